The second-order valence-electron chi connectivity index (χ2n) is 23.7. The first-order valence-corrected chi connectivity index (χ1v) is 33.0. The largest absolute Gasteiger partial charge is 0.508 e. The van der Waals surface area contributed by atoms with Crippen molar-refractivity contribution < 1.29 is 83.1 Å². The summed E-state index contributed by atoms with van der Waals surface area (Å²) in [7, 11) is 0. The van der Waals surface area contributed by atoms with Crippen molar-refractivity contribution in [3.8, 4) is 5.75 Å². The summed E-state index contributed by atoms with van der Waals surface area (Å²) in [5.41, 5.74) is 23.9. The van der Waals surface area contributed by atoms with E-state index >= 15 is 0 Å². The van der Waals surface area contributed by atoms with E-state index in [1.807, 2.05) is 0 Å². The highest BCUT2D eigenvalue weighted by Crippen LogP contribution is 2.20. The quantitative estimate of drug-likeness (QED) is 0.0235. The van der Waals surface area contributed by atoms with E-state index in [9.17, 15) is 83.1 Å². The van der Waals surface area contributed by atoms with Crippen molar-refractivity contribution in [2.45, 2.75) is 177 Å². The number of aliphatic hydroxyl groups excluding tert-OH is 4. The minimum absolute atomic E-state index is 0.0374. The number of thioether (sulfide) groups is 1. The van der Waals surface area contributed by atoms with Gasteiger partial charge in [0.25, 0.3) is 0 Å². The van der Waals surface area contributed by atoms with Crippen molar-refractivity contribution >= 4 is 93.6 Å². The van der Waals surface area contributed by atoms with Crippen LogP contribution in [0.2, 0.25) is 0 Å². The van der Waals surface area contributed by atoms with Crippen LogP contribution in [0, 0.1) is 5.92 Å². The van der Waals surface area contributed by atoms with Crippen LogP contribution in [0.4, 0.5) is 0 Å². The standard InChI is InChI=1S/C62H98N16O17S/c1-32(2)25-45(57(90)72-43(16-10-12-23-64)55(88)70-42(52(66)85)15-9-11-22-63)73-53(86)33(3)69-49(84)29-68-61(94)50(34(4)81)77-59(92)47(27-37-28-67-41-14-8-7-13-39(37)41)75-62(95)51(35(5)82)78-58(91)46(26-36-17-19-38(83)20-18-36)74-60(93)48(31-80)76-56(89)44(21-24-96-6)71-54(87)40(65)30-79/h7-8,13-14,17-20,28,32-35,40,42-48,50-51,67,79-83H,9-12,15-16,21-27,29-31,63-65H2,1-6H3,(H2,66,85)(H,68,94)(H,69,84)(H,70,88)(H,71,87)(H,72,90)(H,73,86)(H,74,93)(H,75,95)(H,76,89)(H,77,92)(H,78,91)/t33-,34+,35+,40-,42-,43-,44-,45-,46-,47-,48-,50-,51-/m0/s1. The molecule has 34 heteroatoms. The second kappa shape index (κ2) is 42.1. The van der Waals surface area contributed by atoms with Crippen LogP contribution in [0.15, 0.2) is 54.7 Å². The van der Waals surface area contributed by atoms with Crippen molar-refractivity contribution in [3.05, 3.63) is 65.9 Å². The van der Waals surface area contributed by atoms with Gasteiger partial charge in [-0.15, -0.1) is 0 Å². The Morgan fingerprint density at radius 1 is 0.521 bits per heavy atom. The lowest BCUT2D eigenvalue weighted by molar-refractivity contribution is -0.137. The Labute approximate surface area is 560 Å². The van der Waals surface area contributed by atoms with Gasteiger partial charge in [-0.2, -0.15) is 11.8 Å². The minimum atomic E-state index is -1.91. The number of amides is 12. The molecular weight excluding hydrogens is 1270 g/mol. The summed E-state index contributed by atoms with van der Waals surface area (Å²) in [6, 6.07) is -3.91. The number of benzene rings is 2. The van der Waals surface area contributed by atoms with Crippen LogP contribution >= 0.6 is 11.8 Å². The highest BCUT2D eigenvalue weighted by Gasteiger charge is 2.37. The number of hydrogen-bond acceptors (Lipinski definition) is 21. The molecular formula is C62H98N16O17S. The maximum atomic E-state index is 14.5. The lowest BCUT2D eigenvalue weighted by atomic mass is 10.0. The summed E-state index contributed by atoms with van der Waals surface area (Å²) in [5.74, 6) is -11.3. The summed E-state index contributed by atoms with van der Waals surface area (Å²) in [6.07, 6.45) is 1.69. The molecule has 1 heterocycles. The van der Waals surface area contributed by atoms with E-state index in [4.69, 9.17) is 22.9 Å². The van der Waals surface area contributed by atoms with E-state index in [1.54, 1.807) is 50.6 Å². The third-order valence-electron chi connectivity index (χ3n) is 15.2. The summed E-state index contributed by atoms with van der Waals surface area (Å²) < 4.78 is 0. The number of carbonyl (C=O) groups excluding carboxylic acids is 12. The van der Waals surface area contributed by atoms with Crippen LogP contribution in [0.25, 0.3) is 10.9 Å². The zero-order valence-corrected chi connectivity index (χ0v) is 55.8. The van der Waals surface area contributed by atoms with Crippen molar-refractivity contribution in [3.63, 3.8) is 0 Å². The number of phenolic OH excluding ortho intramolecular Hbond substituents is 1. The number of nitrogens with one attached hydrogen (secondary N) is 12. The average Bonchev–Trinajstić information content (AvgIpc) is 1.63. The first kappa shape index (κ1) is 81.7. The van der Waals surface area contributed by atoms with Crippen molar-refractivity contribution in [2.24, 2.45) is 28.9 Å². The summed E-state index contributed by atoms with van der Waals surface area (Å²) in [5, 5.41) is 79.4. The Hall–Kier alpha value is -8.51. The first-order chi connectivity index (χ1) is 45.5. The summed E-state index contributed by atoms with van der Waals surface area (Å²) in [4.78, 5) is 167. The van der Waals surface area contributed by atoms with Gasteiger partial charge in [-0.25, -0.2) is 0 Å². The normalized spacial score (nSPS) is 15.4. The van der Waals surface area contributed by atoms with Crippen LogP contribution in [0.5, 0.6) is 5.75 Å². The average molecular weight is 1370 g/mol. The molecule has 1 aromatic heterocycles. The molecule has 96 heavy (non-hydrogen) atoms. The molecule has 0 saturated heterocycles. The van der Waals surface area contributed by atoms with Gasteiger partial charge in [0.05, 0.1) is 32.0 Å². The highest BCUT2D eigenvalue weighted by atomic mass is 32.2. The molecule has 3 rings (SSSR count). The van der Waals surface area contributed by atoms with Crippen LogP contribution < -0.4 is 81.4 Å². The molecule has 0 unspecified atom stereocenters. The van der Waals surface area contributed by atoms with E-state index < -0.39 is 169 Å². The molecule has 13 atom stereocenters. The van der Waals surface area contributed by atoms with E-state index in [1.165, 1.54) is 43.0 Å². The molecule has 534 valence electrons. The Balaban J connectivity index is 1.84. The second-order valence-corrected chi connectivity index (χ2v) is 24.7. The Morgan fingerprint density at radius 3 is 1.55 bits per heavy atom. The third kappa shape index (κ3) is 27.7. The number of nitrogens with two attached hydrogens (primary N) is 4. The van der Waals surface area contributed by atoms with Crippen molar-refractivity contribution in [1.82, 2.24) is 63.5 Å². The van der Waals surface area contributed by atoms with E-state index in [0.717, 1.165) is 13.8 Å². The molecule has 0 saturated carbocycles. The van der Waals surface area contributed by atoms with Gasteiger partial charge in [-0.1, -0.05) is 44.2 Å². The van der Waals surface area contributed by atoms with E-state index in [0.29, 0.717) is 66.6 Å². The van der Waals surface area contributed by atoms with Crippen LogP contribution in [0.3, 0.4) is 0 Å². The number of rotatable bonds is 44. The topological polar surface area (TPSA) is 558 Å². The number of primary amides is 1. The van der Waals surface area contributed by atoms with Gasteiger partial charge in [0.15, 0.2) is 0 Å². The van der Waals surface area contributed by atoms with Crippen molar-refractivity contribution in [1.29, 1.82) is 0 Å². The molecule has 25 N–H and O–H groups in total. The molecule has 0 fully saturated rings. The smallest absolute Gasteiger partial charge is 0.245 e. The number of hydrogen-bond donors (Lipinski definition) is 21. The predicted molar refractivity (Wildman–Crippen MR) is 355 cm³/mol. The fraction of sp³-hybridized carbons (Fsp3) is 0.581. The molecule has 12 amide bonds. The first-order valence-electron chi connectivity index (χ1n) is 31.6. The fourth-order valence-electron chi connectivity index (χ4n) is 9.71. The summed E-state index contributed by atoms with van der Waals surface area (Å²) in [6.45, 7) is 5.23. The molecule has 0 aliphatic rings. The van der Waals surface area contributed by atoms with Gasteiger partial charge in [0.2, 0.25) is 70.9 Å². The number of aromatic amines is 1. The maximum absolute atomic E-state index is 14.5. The molecule has 0 aliphatic carbocycles. The number of carbonyl (C=O) groups is 12. The van der Waals surface area contributed by atoms with E-state index in [-0.39, 0.29) is 50.2 Å². The molecule has 0 radical (unpaired) electrons. The number of H-pyrrole nitrogens is 1. The van der Waals surface area contributed by atoms with E-state index in [2.05, 4.69) is 63.5 Å². The van der Waals surface area contributed by atoms with Gasteiger partial charge in [0.1, 0.15) is 72.2 Å². The molecule has 0 aliphatic heterocycles. The predicted octanol–water partition coefficient (Wildman–Crippen LogP) is -5.74. The molecule has 0 bridgehead atoms. The fourth-order valence-corrected chi connectivity index (χ4v) is 10.2. The minimum Gasteiger partial charge on any atom is -0.508 e. The van der Waals surface area contributed by atoms with Gasteiger partial charge < -0.3 is 112 Å². The Bertz CT molecular complexity index is 3060. The van der Waals surface area contributed by atoms with Gasteiger partial charge in [0, 0.05) is 29.9 Å². The molecule has 0 spiro atoms. The van der Waals surface area contributed by atoms with Crippen molar-refractivity contribution in [2.75, 3.05) is 44.9 Å². The number of aromatic hydroxyl groups is 1. The number of aromatic nitrogens is 1. The van der Waals surface area contributed by atoms with Gasteiger partial charge in [-0.3, -0.25) is 57.5 Å². The number of aliphatic hydroxyl groups is 4. The monoisotopic (exact) mass is 1370 g/mol. The lowest BCUT2D eigenvalue weighted by Gasteiger charge is -2.29. The maximum Gasteiger partial charge on any atom is 0.245 e. The van der Waals surface area contributed by atoms with Crippen LogP contribution in [0.1, 0.15) is 97.1 Å². The Morgan fingerprint density at radius 2 is 1.00 bits per heavy atom. The van der Waals surface area contributed by atoms with Crippen LogP contribution in [-0.4, -0.2) is 225 Å². The number of unbranched alkanes of at least 4 members (excludes halogenated alkanes) is 2. The molecule has 2 aromatic carbocycles. The Kier molecular flexibility index (Phi) is 35.9. The number of phenols is 1. The van der Waals surface area contributed by atoms with Gasteiger partial charge in [-0.05, 0) is 132 Å². The zero-order chi connectivity index (χ0) is 71.8. The van der Waals surface area contributed by atoms with Crippen LogP contribution in [-0.2, 0) is 70.4 Å². The number of fused-ring (bicyclic) bond motifs is 1. The third-order valence-corrected chi connectivity index (χ3v) is 15.8. The lowest BCUT2D eigenvalue weighted by Crippen LogP contribution is -2.63. The van der Waals surface area contributed by atoms with Gasteiger partial charge >= 0.3 is 0 Å². The highest BCUT2D eigenvalue weighted by molar-refractivity contribution is 7.98. The summed E-state index contributed by atoms with van der Waals surface area (Å²) >= 11 is 1.33. The molecule has 3 aromatic rings. The number of para-hydroxylation sites is 1. The zero-order valence-electron chi connectivity index (χ0n) is 54.9. The molecule has 33 nitrogen and oxygen atoms in total. The SMILES string of the molecule is CSCC[C@H](NC(=O)[C@@H](N)CO)C(=O)N[C@@H](CO)C(=O)N[C@@H](Cc1ccc(O)cc1)C(=O)N[C@H](C(=O)N[C@@H](Cc1c[nH]c2ccccc12)C(=O)N[C@H](C(=O)NCC(=O)N[C@@H](C)C(=O)N[C@@H](CC(C)C)C(=O)N[C@@H](CCCCN)C(=O)N[C@@H](CCCCN)C(N)=O)[C@@H](C)O)[C@@H](C)O.